The zero-order valence-electron chi connectivity index (χ0n) is 13.6. The van der Waals surface area contributed by atoms with Crippen molar-refractivity contribution in [2.24, 2.45) is 0 Å². The molecular formula is C15H11ClF3N5O2S. The highest BCUT2D eigenvalue weighted by molar-refractivity contribution is 7.16. The van der Waals surface area contributed by atoms with Crippen molar-refractivity contribution in [3.8, 4) is 11.7 Å². The Bertz CT molecular complexity index is 955. The Labute approximate surface area is 159 Å². The van der Waals surface area contributed by atoms with E-state index < -0.39 is 23.3 Å². The zero-order chi connectivity index (χ0) is 19.6. The van der Waals surface area contributed by atoms with Gasteiger partial charge in [0.1, 0.15) is 0 Å². The number of hydrogen-bond acceptors (Lipinski definition) is 6. The summed E-state index contributed by atoms with van der Waals surface area (Å²) in [6.45, 7) is 0.0427. The summed E-state index contributed by atoms with van der Waals surface area (Å²) in [4.78, 5) is 13.0. The van der Waals surface area contributed by atoms with E-state index in [0.29, 0.717) is 13.9 Å². The van der Waals surface area contributed by atoms with Crippen LogP contribution in [0.5, 0.6) is 5.88 Å². The van der Waals surface area contributed by atoms with Gasteiger partial charge in [0.25, 0.3) is 5.91 Å². The van der Waals surface area contributed by atoms with Gasteiger partial charge >= 0.3 is 6.18 Å². The fourth-order valence-corrected chi connectivity index (χ4v) is 3.23. The molecule has 142 valence electrons. The van der Waals surface area contributed by atoms with E-state index in [4.69, 9.17) is 16.3 Å². The maximum absolute atomic E-state index is 13.6. The Morgan fingerprint density at radius 3 is 2.63 bits per heavy atom. The normalized spacial score (nSPS) is 11.4. The lowest BCUT2D eigenvalue weighted by Crippen LogP contribution is -2.26. The van der Waals surface area contributed by atoms with Crippen LogP contribution < -0.4 is 10.1 Å². The maximum Gasteiger partial charge on any atom is 0.434 e. The van der Waals surface area contributed by atoms with Gasteiger partial charge in [-0.15, -0.1) is 21.5 Å². The standard InChI is InChI=1S/C15H11ClF3N5O2S/c1-26-12-5-4-11(22-23-12)24-13(15(17,18)19)9(7-21-24)14(25)20-6-8-2-3-10(16)27-8/h2-5,7H,6H2,1H3,(H,20,25). The highest BCUT2D eigenvalue weighted by Crippen LogP contribution is 2.33. The minimum absolute atomic E-state index is 0.0427. The molecule has 0 bridgehead atoms. The Morgan fingerprint density at radius 2 is 2.07 bits per heavy atom. The Hall–Kier alpha value is -2.66. The molecule has 3 rings (SSSR count). The van der Waals surface area contributed by atoms with Crippen molar-refractivity contribution in [1.82, 2.24) is 25.3 Å². The molecule has 0 aliphatic heterocycles. The molecule has 0 unspecified atom stereocenters. The number of thiophene rings is 1. The number of methoxy groups -OCH3 is 1. The summed E-state index contributed by atoms with van der Waals surface area (Å²) in [7, 11) is 1.35. The van der Waals surface area contributed by atoms with Crippen LogP contribution in [-0.2, 0) is 12.7 Å². The van der Waals surface area contributed by atoms with Crippen LogP contribution >= 0.6 is 22.9 Å². The molecule has 1 amide bonds. The van der Waals surface area contributed by atoms with Crippen LogP contribution in [-0.4, -0.2) is 33.0 Å². The monoisotopic (exact) mass is 417 g/mol. The molecule has 0 atom stereocenters. The third kappa shape index (κ3) is 4.19. The Balaban J connectivity index is 1.90. The van der Waals surface area contributed by atoms with Crippen LogP contribution in [0.2, 0.25) is 4.34 Å². The van der Waals surface area contributed by atoms with Crippen LogP contribution in [0.25, 0.3) is 5.82 Å². The van der Waals surface area contributed by atoms with Crippen LogP contribution in [0.4, 0.5) is 13.2 Å². The Morgan fingerprint density at radius 1 is 1.30 bits per heavy atom. The summed E-state index contributed by atoms with van der Waals surface area (Å²) >= 11 is 7.01. The van der Waals surface area contributed by atoms with E-state index >= 15 is 0 Å². The first-order valence-electron chi connectivity index (χ1n) is 7.35. The van der Waals surface area contributed by atoms with Crippen molar-refractivity contribution in [1.29, 1.82) is 0 Å². The summed E-state index contributed by atoms with van der Waals surface area (Å²) in [6, 6.07) is 5.90. The predicted molar refractivity (Wildman–Crippen MR) is 91.2 cm³/mol. The number of carbonyl (C=O) groups excluding carboxylic acids is 1. The van der Waals surface area contributed by atoms with Gasteiger partial charge in [-0.1, -0.05) is 11.6 Å². The maximum atomic E-state index is 13.6. The number of carbonyl (C=O) groups is 1. The quantitative estimate of drug-likeness (QED) is 0.688. The SMILES string of the molecule is COc1ccc(-n2ncc(C(=O)NCc3ccc(Cl)s3)c2C(F)(F)F)nn1. The molecule has 0 aliphatic rings. The summed E-state index contributed by atoms with van der Waals surface area (Å²) < 4.78 is 46.6. The average molecular weight is 418 g/mol. The fraction of sp³-hybridized carbons (Fsp3) is 0.200. The lowest BCUT2D eigenvalue weighted by molar-refractivity contribution is -0.143. The second kappa shape index (κ2) is 7.53. The molecular weight excluding hydrogens is 407 g/mol. The topological polar surface area (TPSA) is 81.9 Å². The first-order chi connectivity index (χ1) is 12.8. The van der Waals surface area contributed by atoms with Gasteiger partial charge in [-0.2, -0.15) is 18.3 Å². The minimum atomic E-state index is -4.84. The molecule has 27 heavy (non-hydrogen) atoms. The van der Waals surface area contributed by atoms with Crippen LogP contribution in [0, 0.1) is 0 Å². The largest absolute Gasteiger partial charge is 0.480 e. The summed E-state index contributed by atoms with van der Waals surface area (Å²) in [5.74, 6) is -0.987. The van der Waals surface area contributed by atoms with Crippen LogP contribution in [0.1, 0.15) is 20.9 Å². The van der Waals surface area contributed by atoms with Crippen LogP contribution in [0.15, 0.2) is 30.5 Å². The molecule has 0 fully saturated rings. The van der Waals surface area contributed by atoms with Gasteiger partial charge < -0.3 is 10.1 Å². The number of amides is 1. The van der Waals surface area contributed by atoms with Crippen LogP contribution in [0.3, 0.4) is 0 Å². The molecule has 3 heterocycles. The molecule has 3 aromatic rings. The van der Waals surface area contributed by atoms with Gasteiger partial charge in [-0.05, 0) is 18.2 Å². The van der Waals surface area contributed by atoms with Gasteiger partial charge in [0.15, 0.2) is 11.5 Å². The van der Waals surface area contributed by atoms with E-state index in [2.05, 4.69) is 20.6 Å². The number of hydrogen-bond donors (Lipinski definition) is 1. The molecule has 0 aromatic carbocycles. The van der Waals surface area contributed by atoms with E-state index in [0.717, 1.165) is 6.20 Å². The second-order valence-corrected chi connectivity index (χ2v) is 6.94. The minimum Gasteiger partial charge on any atom is -0.480 e. The van der Waals surface area contributed by atoms with Gasteiger partial charge in [-0.25, -0.2) is 4.68 Å². The summed E-state index contributed by atoms with van der Waals surface area (Å²) in [5.41, 5.74) is -1.87. The van der Waals surface area contributed by atoms with E-state index in [9.17, 15) is 18.0 Å². The van der Waals surface area contributed by atoms with Crippen molar-refractivity contribution in [2.45, 2.75) is 12.7 Å². The molecule has 0 spiro atoms. The molecule has 12 heteroatoms. The van der Waals surface area contributed by atoms with Gasteiger partial charge in [-0.3, -0.25) is 4.79 Å². The molecule has 1 N–H and O–H groups in total. The third-order valence-corrected chi connectivity index (χ3v) is 4.62. The average Bonchev–Trinajstić information content (AvgIpc) is 3.26. The first kappa shape index (κ1) is 19.1. The third-order valence-electron chi connectivity index (χ3n) is 3.39. The molecule has 0 saturated carbocycles. The van der Waals surface area contributed by atoms with Gasteiger partial charge in [0.05, 0.1) is 29.8 Å². The van der Waals surface area contributed by atoms with Crippen molar-refractivity contribution in [3.05, 3.63) is 50.9 Å². The number of halogens is 4. The van der Waals surface area contributed by atoms with Crippen molar-refractivity contribution < 1.29 is 22.7 Å². The molecule has 3 aromatic heterocycles. The number of aromatic nitrogens is 4. The van der Waals surface area contributed by atoms with E-state index in [1.165, 1.54) is 30.6 Å². The summed E-state index contributed by atoms with van der Waals surface area (Å²) in [6.07, 6.45) is -4.00. The molecule has 0 radical (unpaired) electrons. The van der Waals surface area contributed by atoms with E-state index in [1.54, 1.807) is 12.1 Å². The fourth-order valence-electron chi connectivity index (χ4n) is 2.21. The second-order valence-electron chi connectivity index (χ2n) is 5.14. The molecule has 0 saturated heterocycles. The lowest BCUT2D eigenvalue weighted by Gasteiger charge is -2.12. The first-order valence-corrected chi connectivity index (χ1v) is 8.54. The number of rotatable bonds is 5. The number of nitrogens with one attached hydrogen (secondary N) is 1. The van der Waals surface area contributed by atoms with Crippen molar-refractivity contribution >= 4 is 28.8 Å². The van der Waals surface area contributed by atoms with E-state index in [-0.39, 0.29) is 18.2 Å². The number of alkyl halides is 3. The number of ether oxygens (including phenoxy) is 1. The van der Waals surface area contributed by atoms with E-state index in [1.807, 2.05) is 0 Å². The van der Waals surface area contributed by atoms with Crippen molar-refractivity contribution in [2.75, 3.05) is 7.11 Å². The smallest absolute Gasteiger partial charge is 0.434 e. The van der Waals surface area contributed by atoms with Gasteiger partial charge in [0.2, 0.25) is 5.88 Å². The highest BCUT2D eigenvalue weighted by Gasteiger charge is 2.41. The summed E-state index contributed by atoms with van der Waals surface area (Å²) in [5, 5.41) is 13.4. The molecule has 0 aliphatic carbocycles. The van der Waals surface area contributed by atoms with Gasteiger partial charge in [0, 0.05) is 10.9 Å². The predicted octanol–water partition coefficient (Wildman–Crippen LogP) is 3.33. The lowest BCUT2D eigenvalue weighted by atomic mass is 10.2. The highest BCUT2D eigenvalue weighted by atomic mass is 35.5. The zero-order valence-corrected chi connectivity index (χ0v) is 15.2. The Kier molecular flexibility index (Phi) is 5.33. The number of nitrogens with zero attached hydrogens (tertiary/aromatic N) is 4. The van der Waals surface area contributed by atoms with Crippen molar-refractivity contribution in [3.63, 3.8) is 0 Å². The molecule has 7 nitrogen and oxygen atoms in total.